The fourth-order valence-electron chi connectivity index (χ4n) is 5.30. The number of para-hydroxylation sites is 3. The van der Waals surface area contributed by atoms with Crippen molar-refractivity contribution in [2.45, 2.75) is 217 Å². The lowest BCUT2D eigenvalue weighted by molar-refractivity contribution is 0.501. The zero-order valence-electron chi connectivity index (χ0n) is 50.0. The van der Waals surface area contributed by atoms with Gasteiger partial charge in [0.25, 0.3) is 0 Å². The summed E-state index contributed by atoms with van der Waals surface area (Å²) in [6.45, 7) is 49.9. The molecule has 3 aromatic carbocycles. The molecule has 0 bridgehead atoms. The molecule has 7 heteroatoms. The molecule has 0 atom stereocenters. The zero-order valence-corrected chi connectivity index (χ0v) is 50.8. The third kappa shape index (κ3) is 36.4. The third-order valence-corrected chi connectivity index (χ3v) is 10.4. The van der Waals surface area contributed by atoms with Crippen molar-refractivity contribution < 1.29 is 4.42 Å². The van der Waals surface area contributed by atoms with Gasteiger partial charge in [0, 0.05) is 48.5 Å². The van der Waals surface area contributed by atoms with E-state index in [1.165, 1.54) is 26.4 Å². The molecule has 0 spiro atoms. The van der Waals surface area contributed by atoms with Gasteiger partial charge in [-0.15, -0.1) is 11.3 Å². The van der Waals surface area contributed by atoms with E-state index < -0.39 is 0 Å². The monoisotopic (exact) mass is 1030 g/mol. The number of benzene rings is 3. The summed E-state index contributed by atoms with van der Waals surface area (Å²) < 4.78 is 6.81. The number of fused-ring (bicyclic) bond motifs is 2. The van der Waals surface area contributed by atoms with Crippen LogP contribution in [-0.4, -0.2) is 24.9 Å². The maximum atomic E-state index is 5.52. The number of rotatable bonds is 6. The lowest BCUT2D eigenvalue weighted by atomic mass is 10.0. The maximum Gasteiger partial charge on any atom is 0.198 e. The lowest BCUT2D eigenvalue weighted by Crippen LogP contribution is -1.88. The summed E-state index contributed by atoms with van der Waals surface area (Å²) in [5.74, 6) is 4.14. The summed E-state index contributed by atoms with van der Waals surface area (Å²) in [5, 5.41) is 1.23. The van der Waals surface area contributed by atoms with Crippen LogP contribution in [0.25, 0.3) is 21.3 Å². The predicted octanol–water partition coefficient (Wildman–Crippen LogP) is 23.2. The van der Waals surface area contributed by atoms with Crippen molar-refractivity contribution in [3.05, 3.63) is 186 Å². The van der Waals surface area contributed by atoms with Crippen molar-refractivity contribution in [3.63, 3.8) is 0 Å². The number of oxazole rings is 1. The normalized spacial score (nSPS) is 9.05. The van der Waals surface area contributed by atoms with Crippen LogP contribution in [0.2, 0.25) is 0 Å². The van der Waals surface area contributed by atoms with Gasteiger partial charge in [0.15, 0.2) is 11.5 Å². The minimum Gasteiger partial charge on any atom is -0.440 e. The van der Waals surface area contributed by atoms with E-state index in [0.29, 0.717) is 35.5 Å². The van der Waals surface area contributed by atoms with Crippen LogP contribution in [0.3, 0.4) is 0 Å². The number of nitrogens with zero attached hydrogens (tertiary/aromatic N) is 5. The van der Waals surface area contributed by atoms with E-state index in [-0.39, 0.29) is 14.9 Å². The topological polar surface area (TPSA) is 77.6 Å². The quantitative estimate of drug-likeness (QED) is 0.165. The molecule has 0 aliphatic heterocycles. The molecule has 0 amide bonds. The van der Waals surface area contributed by atoms with Crippen LogP contribution in [0.1, 0.15) is 250 Å². The Morgan fingerprint density at radius 1 is 0.365 bits per heavy atom. The van der Waals surface area contributed by atoms with Gasteiger partial charge in [-0.1, -0.05) is 248 Å². The Morgan fingerprint density at radius 3 is 1.19 bits per heavy atom. The minimum absolute atomic E-state index is 0. The van der Waals surface area contributed by atoms with Gasteiger partial charge in [0.05, 0.1) is 15.2 Å². The van der Waals surface area contributed by atoms with Gasteiger partial charge >= 0.3 is 0 Å². The summed E-state index contributed by atoms with van der Waals surface area (Å²) in [6, 6.07) is 40.8. The fraction of sp³-hybridized carbons (Fsp3) is 0.478. The van der Waals surface area contributed by atoms with Gasteiger partial charge in [0.1, 0.15) is 5.52 Å². The summed E-state index contributed by atoms with van der Waals surface area (Å²) in [4.78, 5) is 21.0. The maximum absolute atomic E-state index is 5.52. The fourth-order valence-corrected chi connectivity index (χ4v) is 6.27. The highest BCUT2D eigenvalue weighted by molar-refractivity contribution is 7.18. The van der Waals surface area contributed by atoms with E-state index in [2.05, 4.69) is 157 Å². The van der Waals surface area contributed by atoms with Gasteiger partial charge in [0.2, 0.25) is 0 Å². The van der Waals surface area contributed by atoms with E-state index in [1.807, 2.05) is 181 Å². The van der Waals surface area contributed by atoms with Crippen molar-refractivity contribution in [1.29, 1.82) is 0 Å². The molecule has 0 N–H and O–H groups in total. The van der Waals surface area contributed by atoms with Gasteiger partial charge in [-0.3, -0.25) is 15.0 Å². The van der Waals surface area contributed by atoms with Gasteiger partial charge < -0.3 is 4.42 Å². The molecule has 0 saturated carbocycles. The molecule has 0 unspecified atom stereocenters. The first-order valence-corrected chi connectivity index (χ1v) is 28.0. The van der Waals surface area contributed by atoms with Crippen LogP contribution in [0.5, 0.6) is 0 Å². The second kappa shape index (κ2) is 53.8. The second-order valence-corrected chi connectivity index (χ2v) is 17.3. The van der Waals surface area contributed by atoms with Crippen molar-refractivity contribution in [3.8, 4) is 0 Å². The molecule has 416 valence electrons. The first-order chi connectivity index (χ1) is 34.8. The molecular weight excluding hydrogens is 923 g/mol. The van der Waals surface area contributed by atoms with Gasteiger partial charge in [-0.05, 0) is 95.0 Å². The lowest BCUT2D eigenvalue weighted by Gasteiger charge is -2.01. The number of thiazole rings is 1. The van der Waals surface area contributed by atoms with E-state index >= 15 is 0 Å². The summed E-state index contributed by atoms with van der Waals surface area (Å²) in [6.07, 6.45) is 9.19. The van der Waals surface area contributed by atoms with E-state index in [9.17, 15) is 0 Å². The number of pyridine rings is 3. The summed E-state index contributed by atoms with van der Waals surface area (Å²) in [5.41, 5.74) is 8.19. The Morgan fingerprint density at radius 2 is 0.824 bits per heavy atom. The van der Waals surface area contributed by atoms with E-state index in [1.54, 1.807) is 17.5 Å². The van der Waals surface area contributed by atoms with Crippen molar-refractivity contribution in [1.82, 2.24) is 24.9 Å². The molecule has 0 fully saturated rings. The highest BCUT2D eigenvalue weighted by atomic mass is 32.1. The van der Waals surface area contributed by atoms with Gasteiger partial charge in [-0.2, -0.15) is 0 Å². The Bertz CT molecular complexity index is 1970. The number of aromatic nitrogens is 5. The highest BCUT2D eigenvalue weighted by Gasteiger charge is 2.08. The number of hydrogen-bond donors (Lipinski definition) is 0. The smallest absolute Gasteiger partial charge is 0.198 e. The molecule has 8 aromatic rings. The molecule has 0 aliphatic carbocycles. The first kappa shape index (κ1) is 79.9. The van der Waals surface area contributed by atoms with Gasteiger partial charge in [-0.25, -0.2) is 9.97 Å². The molecule has 0 saturated heterocycles. The zero-order chi connectivity index (χ0) is 55.9. The van der Waals surface area contributed by atoms with E-state index in [4.69, 9.17) is 4.42 Å². The molecule has 6 nitrogen and oxygen atoms in total. The molecule has 0 radical (unpaired) electrons. The molecular formula is C67H111N5OS. The third-order valence-electron chi connectivity index (χ3n) is 9.08. The predicted molar refractivity (Wildman–Crippen MR) is 339 cm³/mol. The Labute approximate surface area is 461 Å². The average Bonchev–Trinajstić information content (AvgIpc) is 4.10. The van der Waals surface area contributed by atoms with E-state index in [0.717, 1.165) is 28.2 Å². The largest absolute Gasteiger partial charge is 0.440 e. The van der Waals surface area contributed by atoms with Crippen molar-refractivity contribution in [2.24, 2.45) is 0 Å². The number of hydrogen-bond acceptors (Lipinski definition) is 7. The Kier molecular flexibility index (Phi) is 58.0. The van der Waals surface area contributed by atoms with Crippen LogP contribution >= 0.6 is 11.3 Å². The standard InChI is InChI=1S/C10H11NO.C10H11NS.C9H12.3C8H11N.6C2H6.2CH4/c2*1-7(2)10-11-8-5-3-4-6-9(8)12-10;1-8(2)9-6-4-3-5-7-9;1-7(2)8-3-5-9-6-4-8;1-7(2)8-4-3-5-9-6-8;1-7(2)8-5-3-4-6-9-8;6*1-2;;/h2*3-7H,1-2H3;3-8H,1-2H3;3*3-7H,1-2H3;6*1-2H3;2*1H4. The first-order valence-electron chi connectivity index (χ1n) is 27.2. The van der Waals surface area contributed by atoms with Crippen LogP contribution in [-0.2, 0) is 0 Å². The minimum atomic E-state index is 0. The van der Waals surface area contributed by atoms with Crippen molar-refractivity contribution >= 4 is 32.7 Å². The molecule has 0 aliphatic rings. The summed E-state index contributed by atoms with van der Waals surface area (Å²) >= 11 is 1.79. The molecule has 74 heavy (non-hydrogen) atoms. The molecule has 5 aromatic heterocycles. The van der Waals surface area contributed by atoms with Crippen LogP contribution in [0.4, 0.5) is 0 Å². The SMILES string of the molecule is C.C.CC.CC.CC.CC.CC.CC.CC(C)c1ccccc1.CC(C)c1ccccn1.CC(C)c1cccnc1.CC(C)c1ccncc1.CC(C)c1nc2ccccc2o1.CC(C)c1nc2ccccc2s1. The Balaban J connectivity index is -0.000000180. The van der Waals surface area contributed by atoms with Crippen molar-refractivity contribution in [2.75, 3.05) is 0 Å². The van der Waals surface area contributed by atoms with Crippen LogP contribution in [0.15, 0.2) is 157 Å². The average molecular weight is 1030 g/mol. The molecule has 5 heterocycles. The Hall–Kier alpha value is -5.53. The highest BCUT2D eigenvalue weighted by Crippen LogP contribution is 2.26. The van der Waals surface area contributed by atoms with Crippen LogP contribution < -0.4 is 0 Å². The molecule has 8 rings (SSSR count). The summed E-state index contributed by atoms with van der Waals surface area (Å²) in [7, 11) is 0. The van der Waals surface area contributed by atoms with Crippen LogP contribution in [0, 0.1) is 0 Å². The second-order valence-electron chi connectivity index (χ2n) is 16.2.